The van der Waals surface area contributed by atoms with Crippen LogP contribution in [-0.2, 0) is 9.59 Å². The number of nitro groups is 1. The minimum absolute atomic E-state index is 0.0677. The lowest BCUT2D eigenvalue weighted by Gasteiger charge is -2.12. The van der Waals surface area contributed by atoms with Gasteiger partial charge in [0.25, 0.3) is 17.5 Å². The van der Waals surface area contributed by atoms with Gasteiger partial charge in [0.15, 0.2) is 5.13 Å². The van der Waals surface area contributed by atoms with Crippen molar-refractivity contribution in [3.63, 3.8) is 0 Å². The van der Waals surface area contributed by atoms with Gasteiger partial charge in [0.2, 0.25) is 5.91 Å². The third kappa shape index (κ3) is 9.12. The highest BCUT2D eigenvalue weighted by Gasteiger charge is 2.16. The molecule has 11 nitrogen and oxygen atoms in total. The molecular weight excluding hydrogens is 639 g/mol. The number of non-ortho nitro benzene ring substituents is 1. The van der Waals surface area contributed by atoms with E-state index in [-0.39, 0.29) is 23.0 Å². The van der Waals surface area contributed by atoms with Gasteiger partial charge in [-0.1, -0.05) is 36.4 Å². The molecule has 236 valence electrons. The van der Waals surface area contributed by atoms with E-state index in [1.54, 1.807) is 55.6 Å². The summed E-state index contributed by atoms with van der Waals surface area (Å²) >= 11 is 2.60. The maximum atomic E-state index is 13.4. The third-order valence-corrected chi connectivity index (χ3v) is 8.27. The first-order chi connectivity index (χ1) is 22.8. The van der Waals surface area contributed by atoms with Crippen LogP contribution in [0.4, 0.5) is 16.5 Å². The van der Waals surface area contributed by atoms with Crippen molar-refractivity contribution < 1.29 is 24.0 Å². The molecule has 0 aliphatic rings. The van der Waals surface area contributed by atoms with Crippen molar-refractivity contribution >= 4 is 63.4 Å². The predicted molar refractivity (Wildman–Crippen MR) is 184 cm³/mol. The van der Waals surface area contributed by atoms with Gasteiger partial charge in [0.05, 0.1) is 23.5 Å². The number of benzene rings is 4. The molecule has 3 amide bonds. The molecule has 0 unspecified atom stereocenters. The number of anilines is 2. The van der Waals surface area contributed by atoms with E-state index in [0.717, 1.165) is 16.2 Å². The Hall–Kier alpha value is -5.79. The highest BCUT2D eigenvalue weighted by molar-refractivity contribution is 8.00. The molecule has 13 heteroatoms. The maximum Gasteiger partial charge on any atom is 0.272 e. The summed E-state index contributed by atoms with van der Waals surface area (Å²) in [5, 5.41) is 21.6. The van der Waals surface area contributed by atoms with Gasteiger partial charge in [-0.15, -0.1) is 23.1 Å². The van der Waals surface area contributed by atoms with Gasteiger partial charge in [0, 0.05) is 39.2 Å². The molecule has 0 radical (unpaired) electrons. The lowest BCUT2D eigenvalue weighted by molar-refractivity contribution is -0.384. The fraction of sp³-hybridized carbons (Fsp3) is 0.0588. The molecule has 0 aliphatic carbocycles. The quantitative estimate of drug-likeness (QED) is 0.0565. The smallest absolute Gasteiger partial charge is 0.272 e. The van der Waals surface area contributed by atoms with Gasteiger partial charge >= 0.3 is 0 Å². The number of nitrogens with one attached hydrogen (secondary N) is 3. The first kappa shape index (κ1) is 32.6. The van der Waals surface area contributed by atoms with Crippen LogP contribution in [0.3, 0.4) is 0 Å². The van der Waals surface area contributed by atoms with Gasteiger partial charge in [-0.3, -0.25) is 24.5 Å². The molecule has 0 saturated heterocycles. The van der Waals surface area contributed by atoms with Gasteiger partial charge in [0.1, 0.15) is 11.4 Å². The summed E-state index contributed by atoms with van der Waals surface area (Å²) in [6.07, 6.45) is 1.43. The molecule has 0 saturated carbocycles. The number of nitrogens with zero attached hydrogens (tertiary/aromatic N) is 2. The SMILES string of the molecule is COc1cccc(-c2csc(NC(=O)CSc3cccc(NC(=O)/C(=C\c4ccc([N+](=O)[O-])cc4)NC(=O)c4ccccc4)c3)n2)c1. The van der Waals surface area contributed by atoms with E-state index >= 15 is 0 Å². The molecule has 0 atom stereocenters. The zero-order valence-corrected chi connectivity index (χ0v) is 26.5. The number of carbonyl (C=O) groups excluding carboxylic acids is 3. The summed E-state index contributed by atoms with van der Waals surface area (Å²) in [6.45, 7) is 0. The minimum Gasteiger partial charge on any atom is -0.497 e. The van der Waals surface area contributed by atoms with E-state index in [1.165, 1.54) is 53.4 Å². The first-order valence-electron chi connectivity index (χ1n) is 14.0. The van der Waals surface area contributed by atoms with Gasteiger partial charge in [-0.05, 0) is 66.2 Å². The van der Waals surface area contributed by atoms with Crippen LogP contribution >= 0.6 is 23.1 Å². The molecule has 4 aromatic carbocycles. The van der Waals surface area contributed by atoms with Crippen molar-refractivity contribution in [1.82, 2.24) is 10.3 Å². The van der Waals surface area contributed by atoms with Crippen molar-refractivity contribution in [2.24, 2.45) is 0 Å². The zero-order chi connectivity index (χ0) is 33.2. The summed E-state index contributed by atoms with van der Waals surface area (Å²) in [4.78, 5) is 54.8. The highest BCUT2D eigenvalue weighted by Crippen LogP contribution is 2.28. The fourth-order valence-electron chi connectivity index (χ4n) is 4.21. The Morgan fingerprint density at radius 2 is 1.70 bits per heavy atom. The Morgan fingerprint density at radius 3 is 2.45 bits per heavy atom. The van der Waals surface area contributed by atoms with Crippen LogP contribution in [0.1, 0.15) is 15.9 Å². The average Bonchev–Trinajstić information content (AvgIpc) is 3.56. The molecule has 0 spiro atoms. The molecule has 0 bridgehead atoms. The molecular formula is C34H27N5O6S2. The van der Waals surface area contributed by atoms with E-state index in [0.29, 0.717) is 27.7 Å². The summed E-state index contributed by atoms with van der Waals surface area (Å²) in [6, 6.07) is 28.4. The molecule has 0 aliphatic heterocycles. The van der Waals surface area contributed by atoms with E-state index in [9.17, 15) is 24.5 Å². The van der Waals surface area contributed by atoms with Crippen LogP contribution in [-0.4, -0.2) is 40.5 Å². The number of ether oxygens (including phenoxy) is 1. The van der Waals surface area contributed by atoms with Crippen molar-refractivity contribution in [3.05, 3.63) is 135 Å². The molecule has 1 heterocycles. The molecule has 3 N–H and O–H groups in total. The number of methoxy groups -OCH3 is 1. The van der Waals surface area contributed by atoms with Crippen molar-refractivity contribution in [3.8, 4) is 17.0 Å². The van der Waals surface area contributed by atoms with Crippen LogP contribution in [0, 0.1) is 10.1 Å². The van der Waals surface area contributed by atoms with Crippen LogP contribution in [0.5, 0.6) is 5.75 Å². The molecule has 5 aromatic rings. The van der Waals surface area contributed by atoms with Gasteiger partial charge < -0.3 is 20.7 Å². The number of hydrogen-bond acceptors (Lipinski definition) is 9. The van der Waals surface area contributed by atoms with Crippen molar-refractivity contribution in [2.45, 2.75) is 4.90 Å². The highest BCUT2D eigenvalue weighted by atomic mass is 32.2. The summed E-state index contributed by atoms with van der Waals surface area (Å²) < 4.78 is 5.27. The van der Waals surface area contributed by atoms with Crippen molar-refractivity contribution in [1.29, 1.82) is 0 Å². The number of carbonyl (C=O) groups is 3. The Labute approximate surface area is 277 Å². The number of aromatic nitrogens is 1. The number of thiazole rings is 1. The Bertz CT molecular complexity index is 1940. The Kier molecular flexibility index (Phi) is 10.7. The zero-order valence-electron chi connectivity index (χ0n) is 24.8. The number of nitro benzene ring substituents is 1. The number of thioether (sulfide) groups is 1. The van der Waals surface area contributed by atoms with Crippen molar-refractivity contribution in [2.75, 3.05) is 23.5 Å². The molecule has 0 fully saturated rings. The normalized spacial score (nSPS) is 11.0. The van der Waals surface area contributed by atoms with E-state index < -0.39 is 16.7 Å². The second-order valence-corrected chi connectivity index (χ2v) is 11.7. The second kappa shape index (κ2) is 15.5. The molecule has 5 rings (SSSR count). The standard InChI is InChI=1S/C34H27N5O6S2/c1-45-27-11-5-9-24(18-27)30-20-47-34(37-30)38-31(40)21-46-28-12-6-10-25(19-28)35-33(42)29(36-32(41)23-7-3-2-4-8-23)17-22-13-15-26(16-14-22)39(43)44/h2-20H,21H2,1H3,(H,35,42)(H,36,41)(H,37,38,40)/b29-17+. The van der Waals surface area contributed by atoms with E-state index in [4.69, 9.17) is 4.74 Å². The first-order valence-corrected chi connectivity index (χ1v) is 15.9. The number of rotatable bonds is 12. The van der Waals surface area contributed by atoms with Crippen LogP contribution in [0.25, 0.3) is 17.3 Å². The third-order valence-electron chi connectivity index (χ3n) is 6.52. The summed E-state index contributed by atoms with van der Waals surface area (Å²) in [5.74, 6) is -0.537. The monoisotopic (exact) mass is 665 g/mol. The minimum atomic E-state index is -0.608. The summed E-state index contributed by atoms with van der Waals surface area (Å²) in [7, 11) is 1.60. The largest absolute Gasteiger partial charge is 0.497 e. The average molecular weight is 666 g/mol. The lowest BCUT2D eigenvalue weighted by Crippen LogP contribution is -2.30. The lowest BCUT2D eigenvalue weighted by atomic mass is 10.1. The predicted octanol–water partition coefficient (Wildman–Crippen LogP) is 6.87. The summed E-state index contributed by atoms with van der Waals surface area (Å²) in [5.41, 5.74) is 2.69. The van der Waals surface area contributed by atoms with Gasteiger partial charge in [-0.2, -0.15) is 0 Å². The van der Waals surface area contributed by atoms with Crippen LogP contribution < -0.4 is 20.7 Å². The Morgan fingerprint density at radius 1 is 0.936 bits per heavy atom. The van der Waals surface area contributed by atoms with Crippen LogP contribution in [0.15, 0.2) is 119 Å². The topological polar surface area (TPSA) is 153 Å². The second-order valence-electron chi connectivity index (χ2n) is 9.82. The maximum absolute atomic E-state index is 13.4. The van der Waals surface area contributed by atoms with Gasteiger partial charge in [-0.25, -0.2) is 4.98 Å². The van der Waals surface area contributed by atoms with E-state index in [1.807, 2.05) is 35.7 Å². The van der Waals surface area contributed by atoms with E-state index in [2.05, 4.69) is 20.9 Å². The Balaban J connectivity index is 1.23. The number of hydrogen-bond donors (Lipinski definition) is 3. The molecule has 1 aromatic heterocycles. The van der Waals surface area contributed by atoms with Crippen LogP contribution in [0.2, 0.25) is 0 Å². The molecule has 47 heavy (non-hydrogen) atoms. The fourth-order valence-corrected chi connectivity index (χ4v) is 5.70. The number of amides is 3.